The zero-order valence-electron chi connectivity index (χ0n) is 24.7. The van der Waals surface area contributed by atoms with Crippen molar-refractivity contribution in [3.8, 4) is 5.75 Å². The lowest BCUT2D eigenvalue weighted by molar-refractivity contribution is -0.139. The summed E-state index contributed by atoms with van der Waals surface area (Å²) in [5.74, 6) is -1.59. The number of benzene rings is 3. The van der Waals surface area contributed by atoms with Crippen LogP contribution in [-0.2, 0) is 16.1 Å². The summed E-state index contributed by atoms with van der Waals surface area (Å²) in [5, 5.41) is 14.9. The van der Waals surface area contributed by atoms with Crippen LogP contribution in [0.2, 0.25) is 5.02 Å². The van der Waals surface area contributed by atoms with Crippen molar-refractivity contribution >= 4 is 57.0 Å². The van der Waals surface area contributed by atoms with E-state index in [1.807, 2.05) is 22.8 Å². The Bertz CT molecular complexity index is 1790. The lowest BCUT2D eigenvalue weighted by atomic mass is 10.0. The molecule has 1 unspecified atom stereocenters. The molecule has 1 aliphatic carbocycles. The topological polar surface area (TPSA) is 150 Å². The number of carbonyl (C=O) groups is 4. The van der Waals surface area contributed by atoms with E-state index in [4.69, 9.17) is 26.8 Å². The van der Waals surface area contributed by atoms with Crippen LogP contribution in [0, 0.1) is 0 Å². The fraction of sp³-hybridized carbons (Fsp3) is 0.333. The van der Waals surface area contributed by atoms with Crippen molar-refractivity contribution in [1.82, 2.24) is 9.88 Å². The number of aryl methyl sites for hydroxylation is 1. The first kappa shape index (κ1) is 30.9. The van der Waals surface area contributed by atoms with Crippen LogP contribution in [0.15, 0.2) is 54.7 Å². The standard InChI is InChI=1S/C33H34ClN3O7/c1-33(2,3)44-32(42)36-26(31(40)41)10-11-37-16-25(23-9-7-19(14-27(23)37)18-4-5-18)28(38)17-43-29-15-20-6-8-22(34)12-21(20)13-24(29)30(35)39/h6-9,12-16,18,26H,4-5,10-11,17H2,1-3H3,(H2,35,39)(H,36,42)(H,40,41). The van der Waals surface area contributed by atoms with Gasteiger partial charge in [0.2, 0.25) is 5.78 Å². The van der Waals surface area contributed by atoms with Crippen molar-refractivity contribution < 1.29 is 33.8 Å². The summed E-state index contributed by atoms with van der Waals surface area (Å²) in [6.07, 6.45) is 3.09. The molecule has 1 fully saturated rings. The van der Waals surface area contributed by atoms with E-state index < -0.39 is 29.6 Å². The van der Waals surface area contributed by atoms with Gasteiger partial charge in [-0.05, 0) is 92.6 Å². The third-order valence-electron chi connectivity index (χ3n) is 7.43. The molecule has 0 bridgehead atoms. The van der Waals surface area contributed by atoms with Crippen LogP contribution in [0.25, 0.3) is 21.7 Å². The number of rotatable bonds is 11. The molecular formula is C33H34ClN3O7. The maximum Gasteiger partial charge on any atom is 0.408 e. The van der Waals surface area contributed by atoms with Gasteiger partial charge >= 0.3 is 12.1 Å². The fourth-order valence-electron chi connectivity index (χ4n) is 5.14. The van der Waals surface area contributed by atoms with Gasteiger partial charge in [0.05, 0.1) is 5.56 Å². The third kappa shape index (κ3) is 7.14. The number of amides is 2. The number of alkyl carbamates (subject to hydrolysis) is 1. The van der Waals surface area contributed by atoms with Crippen LogP contribution < -0.4 is 15.8 Å². The minimum atomic E-state index is -1.20. The number of carboxylic acid groups (broad SMARTS) is 1. The van der Waals surface area contributed by atoms with Gasteiger partial charge in [-0.1, -0.05) is 29.8 Å². The zero-order chi connectivity index (χ0) is 31.8. The molecule has 0 saturated heterocycles. The quantitative estimate of drug-likeness (QED) is 0.173. The summed E-state index contributed by atoms with van der Waals surface area (Å²) in [5.41, 5.74) is 7.27. The zero-order valence-corrected chi connectivity index (χ0v) is 25.4. The molecule has 2 amide bonds. The third-order valence-corrected chi connectivity index (χ3v) is 7.66. The number of nitrogens with one attached hydrogen (secondary N) is 1. The number of nitrogens with zero attached hydrogens (tertiary/aromatic N) is 1. The number of aliphatic carboxylic acids is 1. The lowest BCUT2D eigenvalue weighted by Gasteiger charge is -2.22. The van der Waals surface area contributed by atoms with Crippen LogP contribution in [0.3, 0.4) is 0 Å². The van der Waals surface area contributed by atoms with Gasteiger partial charge in [-0.2, -0.15) is 0 Å². The molecule has 1 aliphatic rings. The normalized spacial score (nSPS) is 13.9. The van der Waals surface area contributed by atoms with Crippen LogP contribution in [0.4, 0.5) is 4.79 Å². The second-order valence-corrected chi connectivity index (χ2v) is 12.5. The Kier molecular flexibility index (Phi) is 8.56. The second-order valence-electron chi connectivity index (χ2n) is 12.0. The van der Waals surface area contributed by atoms with Gasteiger partial charge in [-0.15, -0.1) is 0 Å². The number of halogens is 1. The number of hydrogen-bond donors (Lipinski definition) is 3. The Labute approximate surface area is 259 Å². The second kappa shape index (κ2) is 12.2. The molecule has 11 heteroatoms. The number of nitrogens with two attached hydrogens (primary N) is 1. The highest BCUT2D eigenvalue weighted by Crippen LogP contribution is 2.41. The van der Waals surface area contributed by atoms with Gasteiger partial charge < -0.3 is 30.2 Å². The van der Waals surface area contributed by atoms with Gasteiger partial charge in [0.15, 0.2) is 6.61 Å². The molecular weight excluding hydrogens is 586 g/mol. The van der Waals surface area contributed by atoms with Gasteiger partial charge in [0.1, 0.15) is 17.4 Å². The SMILES string of the molecule is CC(C)(C)OC(=O)NC(CCn1cc(C(=O)COc2cc3ccc(Cl)cc3cc2C(N)=O)c2ccc(C3CC3)cc21)C(=O)O. The number of ether oxygens (including phenoxy) is 2. The molecule has 3 aromatic carbocycles. The Morgan fingerprint density at radius 1 is 1.05 bits per heavy atom. The van der Waals surface area contributed by atoms with E-state index in [-0.39, 0.29) is 36.7 Å². The van der Waals surface area contributed by atoms with E-state index >= 15 is 0 Å². The molecule has 4 aromatic rings. The summed E-state index contributed by atoms with van der Waals surface area (Å²) in [4.78, 5) is 50.0. The minimum Gasteiger partial charge on any atom is -0.485 e. The monoisotopic (exact) mass is 619 g/mol. The molecule has 4 N–H and O–H groups in total. The first-order valence-electron chi connectivity index (χ1n) is 14.3. The van der Waals surface area contributed by atoms with Crippen molar-refractivity contribution in [3.05, 3.63) is 76.4 Å². The van der Waals surface area contributed by atoms with Crippen LogP contribution in [-0.4, -0.2) is 51.7 Å². The largest absolute Gasteiger partial charge is 0.485 e. The number of fused-ring (bicyclic) bond motifs is 2. The van der Waals surface area contributed by atoms with Crippen molar-refractivity contribution in [2.45, 2.75) is 64.1 Å². The number of Topliss-reactive ketones (excluding diaryl/α,β-unsaturated/α-hetero) is 1. The van der Waals surface area contributed by atoms with E-state index in [1.165, 1.54) is 0 Å². The van der Waals surface area contributed by atoms with Gasteiger partial charge in [-0.25, -0.2) is 9.59 Å². The lowest BCUT2D eigenvalue weighted by Crippen LogP contribution is -2.43. The van der Waals surface area contributed by atoms with Crippen molar-refractivity contribution in [2.24, 2.45) is 5.73 Å². The van der Waals surface area contributed by atoms with Crippen molar-refractivity contribution in [3.63, 3.8) is 0 Å². The minimum absolute atomic E-state index is 0.0548. The average Bonchev–Trinajstić information content (AvgIpc) is 3.73. The molecule has 1 heterocycles. The number of aromatic nitrogens is 1. The first-order valence-corrected chi connectivity index (χ1v) is 14.7. The van der Waals surface area contributed by atoms with Crippen LogP contribution in [0.1, 0.15) is 72.2 Å². The molecule has 5 rings (SSSR count). The van der Waals surface area contributed by atoms with Gasteiger partial charge in [0.25, 0.3) is 5.91 Å². The molecule has 0 radical (unpaired) electrons. The predicted molar refractivity (Wildman–Crippen MR) is 167 cm³/mol. The summed E-state index contributed by atoms with van der Waals surface area (Å²) in [6, 6.07) is 13.2. The summed E-state index contributed by atoms with van der Waals surface area (Å²) < 4.78 is 12.9. The molecule has 0 spiro atoms. The Hall–Kier alpha value is -4.57. The molecule has 1 saturated carbocycles. The summed E-state index contributed by atoms with van der Waals surface area (Å²) >= 11 is 6.09. The molecule has 230 valence electrons. The van der Waals surface area contributed by atoms with Gasteiger partial charge in [0, 0.05) is 34.2 Å². The molecule has 1 atom stereocenters. The number of hydrogen-bond acceptors (Lipinski definition) is 6. The molecule has 44 heavy (non-hydrogen) atoms. The maximum absolute atomic E-state index is 13.6. The smallest absolute Gasteiger partial charge is 0.408 e. The summed E-state index contributed by atoms with van der Waals surface area (Å²) in [6.45, 7) is 4.93. The van der Waals surface area contributed by atoms with E-state index in [9.17, 15) is 24.3 Å². The van der Waals surface area contributed by atoms with Crippen LogP contribution in [0.5, 0.6) is 5.75 Å². The van der Waals surface area contributed by atoms with Crippen molar-refractivity contribution in [2.75, 3.05) is 6.61 Å². The van der Waals surface area contributed by atoms with Crippen LogP contribution >= 0.6 is 11.6 Å². The molecule has 10 nitrogen and oxygen atoms in total. The molecule has 1 aromatic heterocycles. The fourth-order valence-corrected chi connectivity index (χ4v) is 5.32. The number of carbonyl (C=O) groups excluding carboxylic acids is 3. The number of carboxylic acids is 1. The summed E-state index contributed by atoms with van der Waals surface area (Å²) in [7, 11) is 0. The van der Waals surface area contributed by atoms with Gasteiger partial charge in [-0.3, -0.25) is 9.59 Å². The van der Waals surface area contributed by atoms with E-state index in [0.29, 0.717) is 27.3 Å². The van der Waals surface area contributed by atoms with Crippen molar-refractivity contribution in [1.29, 1.82) is 0 Å². The predicted octanol–water partition coefficient (Wildman–Crippen LogP) is 6.05. The highest BCUT2D eigenvalue weighted by atomic mass is 35.5. The van der Waals surface area contributed by atoms with E-state index in [0.717, 1.165) is 29.3 Å². The van der Waals surface area contributed by atoms with E-state index in [2.05, 4.69) is 5.32 Å². The van der Waals surface area contributed by atoms with E-state index in [1.54, 1.807) is 57.3 Å². The number of ketones is 1. The maximum atomic E-state index is 13.6. The highest BCUT2D eigenvalue weighted by Gasteiger charge is 2.27. The Morgan fingerprint density at radius 2 is 1.80 bits per heavy atom. The first-order chi connectivity index (χ1) is 20.8. The average molecular weight is 620 g/mol. The number of primary amides is 1. The highest BCUT2D eigenvalue weighted by molar-refractivity contribution is 6.31. The molecule has 0 aliphatic heterocycles. The Balaban J connectivity index is 1.39. The Morgan fingerprint density at radius 3 is 2.45 bits per heavy atom.